The summed E-state index contributed by atoms with van der Waals surface area (Å²) in [4.78, 5) is 16.6. The summed E-state index contributed by atoms with van der Waals surface area (Å²) in [6.45, 7) is -0.743. The lowest BCUT2D eigenvalue weighted by Crippen LogP contribution is -2.28. The van der Waals surface area contributed by atoms with Crippen molar-refractivity contribution >= 4 is 16.9 Å². The SMILES string of the molecule is COc1ccc(C(=O)NC[C@@H](C)c2nc3ccccc3n2C(F)F)cc1. The molecule has 7 heteroatoms. The van der Waals surface area contributed by atoms with Gasteiger partial charge in [-0.05, 0) is 36.4 Å². The molecule has 1 amide bonds. The molecule has 1 N–H and O–H groups in total. The van der Waals surface area contributed by atoms with Crippen LogP contribution in [0.3, 0.4) is 0 Å². The van der Waals surface area contributed by atoms with Crippen molar-refractivity contribution in [1.82, 2.24) is 14.9 Å². The Kier molecular flexibility index (Phi) is 5.16. The van der Waals surface area contributed by atoms with Crippen molar-refractivity contribution in [2.45, 2.75) is 19.4 Å². The van der Waals surface area contributed by atoms with E-state index >= 15 is 0 Å². The largest absolute Gasteiger partial charge is 0.497 e. The zero-order chi connectivity index (χ0) is 18.7. The molecule has 0 spiro atoms. The highest BCUT2D eigenvalue weighted by molar-refractivity contribution is 5.94. The van der Waals surface area contributed by atoms with Crippen LogP contribution < -0.4 is 10.1 Å². The van der Waals surface area contributed by atoms with Crippen molar-refractivity contribution in [3.05, 3.63) is 59.9 Å². The third-order valence-corrected chi connectivity index (χ3v) is 4.18. The normalized spacial score (nSPS) is 12.3. The van der Waals surface area contributed by atoms with Crippen LogP contribution in [0.25, 0.3) is 11.0 Å². The number of imidazole rings is 1. The van der Waals surface area contributed by atoms with E-state index in [2.05, 4.69) is 10.3 Å². The predicted molar refractivity (Wildman–Crippen MR) is 94.7 cm³/mol. The Balaban J connectivity index is 1.75. The molecule has 0 aliphatic heterocycles. The number of alkyl halides is 2. The van der Waals surface area contributed by atoms with Gasteiger partial charge in [-0.15, -0.1) is 0 Å². The molecule has 0 saturated heterocycles. The highest BCUT2D eigenvalue weighted by Crippen LogP contribution is 2.27. The summed E-state index contributed by atoms with van der Waals surface area (Å²) >= 11 is 0. The molecule has 0 aliphatic rings. The smallest absolute Gasteiger partial charge is 0.320 e. The van der Waals surface area contributed by atoms with E-state index in [0.29, 0.717) is 22.3 Å². The van der Waals surface area contributed by atoms with Crippen LogP contribution in [-0.4, -0.2) is 29.1 Å². The molecule has 1 aromatic heterocycles. The van der Waals surface area contributed by atoms with Gasteiger partial charge in [-0.1, -0.05) is 19.1 Å². The number of rotatable bonds is 6. The van der Waals surface area contributed by atoms with E-state index in [9.17, 15) is 13.6 Å². The number of fused-ring (bicyclic) bond motifs is 1. The van der Waals surface area contributed by atoms with Gasteiger partial charge in [-0.2, -0.15) is 8.78 Å². The van der Waals surface area contributed by atoms with Gasteiger partial charge in [0.05, 0.1) is 18.1 Å². The maximum atomic E-state index is 13.5. The Morgan fingerprint density at radius 2 is 1.88 bits per heavy atom. The molecule has 0 unspecified atom stereocenters. The summed E-state index contributed by atoms with van der Waals surface area (Å²) in [6, 6.07) is 13.4. The monoisotopic (exact) mass is 359 g/mol. The number of nitrogens with one attached hydrogen (secondary N) is 1. The van der Waals surface area contributed by atoms with E-state index in [1.54, 1.807) is 62.6 Å². The standard InChI is InChI=1S/C19H19F2N3O2/c1-12(11-22-18(25)13-7-9-14(26-2)10-8-13)17-23-15-5-3-4-6-16(15)24(17)19(20)21/h3-10,12,19H,11H2,1-2H3,(H,22,25)/t12-/m1/s1. The molecular formula is C19H19F2N3O2. The van der Waals surface area contributed by atoms with Gasteiger partial charge in [0.25, 0.3) is 5.91 Å². The number of aromatic nitrogens is 2. The lowest BCUT2D eigenvalue weighted by molar-refractivity contribution is 0.0704. The predicted octanol–water partition coefficient (Wildman–Crippen LogP) is 3.97. The number of nitrogens with zero attached hydrogens (tertiary/aromatic N) is 2. The second-order valence-corrected chi connectivity index (χ2v) is 5.95. The fourth-order valence-corrected chi connectivity index (χ4v) is 2.80. The Labute approximate surface area is 149 Å². The van der Waals surface area contributed by atoms with Crippen LogP contribution in [0.5, 0.6) is 5.75 Å². The molecule has 3 aromatic rings. The number of benzene rings is 2. The first-order valence-electron chi connectivity index (χ1n) is 8.18. The molecule has 0 aliphatic carbocycles. The fraction of sp³-hybridized carbons (Fsp3) is 0.263. The first-order valence-corrected chi connectivity index (χ1v) is 8.18. The summed E-state index contributed by atoms with van der Waals surface area (Å²) in [5, 5.41) is 2.77. The van der Waals surface area contributed by atoms with Crippen molar-refractivity contribution in [1.29, 1.82) is 0 Å². The van der Waals surface area contributed by atoms with Crippen LogP contribution in [0.1, 0.15) is 35.6 Å². The van der Waals surface area contributed by atoms with Gasteiger partial charge in [0.15, 0.2) is 0 Å². The van der Waals surface area contributed by atoms with Crippen molar-refractivity contribution < 1.29 is 18.3 Å². The van der Waals surface area contributed by atoms with Gasteiger partial charge in [0.2, 0.25) is 0 Å². The molecule has 26 heavy (non-hydrogen) atoms. The molecule has 1 heterocycles. The second-order valence-electron chi connectivity index (χ2n) is 5.95. The fourth-order valence-electron chi connectivity index (χ4n) is 2.80. The van der Waals surface area contributed by atoms with Crippen LogP contribution in [0.15, 0.2) is 48.5 Å². The van der Waals surface area contributed by atoms with Crippen LogP contribution >= 0.6 is 0 Å². The molecular weight excluding hydrogens is 340 g/mol. The molecule has 0 bridgehead atoms. The average Bonchev–Trinajstić information content (AvgIpc) is 3.05. The van der Waals surface area contributed by atoms with Crippen LogP contribution in [0, 0.1) is 0 Å². The summed E-state index contributed by atoms with van der Waals surface area (Å²) in [7, 11) is 1.55. The lowest BCUT2D eigenvalue weighted by atomic mass is 10.1. The molecule has 3 rings (SSSR count). The third kappa shape index (κ3) is 3.51. The molecule has 0 saturated carbocycles. The zero-order valence-electron chi connectivity index (χ0n) is 14.4. The van der Waals surface area contributed by atoms with E-state index in [1.807, 2.05) is 0 Å². The number of halogens is 2. The second kappa shape index (κ2) is 7.51. The topological polar surface area (TPSA) is 56.1 Å². The average molecular weight is 359 g/mol. The van der Waals surface area contributed by atoms with Crippen molar-refractivity contribution in [2.24, 2.45) is 0 Å². The van der Waals surface area contributed by atoms with Crippen molar-refractivity contribution in [3.63, 3.8) is 0 Å². The first kappa shape index (κ1) is 17.8. The maximum Gasteiger partial charge on any atom is 0.320 e. The Morgan fingerprint density at radius 3 is 2.54 bits per heavy atom. The van der Waals surface area contributed by atoms with Crippen LogP contribution in [0.2, 0.25) is 0 Å². The number of ether oxygens (including phenoxy) is 1. The minimum atomic E-state index is -2.70. The maximum absolute atomic E-state index is 13.5. The number of hydrogen-bond acceptors (Lipinski definition) is 3. The third-order valence-electron chi connectivity index (χ3n) is 4.18. The lowest BCUT2D eigenvalue weighted by Gasteiger charge is -2.15. The van der Waals surface area contributed by atoms with E-state index in [-0.39, 0.29) is 24.2 Å². The number of methoxy groups -OCH3 is 1. The number of carbonyl (C=O) groups is 1. The highest BCUT2D eigenvalue weighted by Gasteiger charge is 2.22. The van der Waals surface area contributed by atoms with E-state index in [0.717, 1.165) is 4.57 Å². The molecule has 5 nitrogen and oxygen atoms in total. The summed E-state index contributed by atoms with van der Waals surface area (Å²) in [6.07, 6.45) is 0. The van der Waals surface area contributed by atoms with Crippen LogP contribution in [-0.2, 0) is 0 Å². The van der Waals surface area contributed by atoms with Gasteiger partial charge < -0.3 is 10.1 Å². The molecule has 2 aromatic carbocycles. The Hall–Kier alpha value is -2.96. The number of carbonyl (C=O) groups excluding carboxylic acids is 1. The van der Waals surface area contributed by atoms with Crippen molar-refractivity contribution in [3.8, 4) is 5.75 Å². The summed E-state index contributed by atoms with van der Waals surface area (Å²) in [5.74, 6) is 0.245. The highest BCUT2D eigenvalue weighted by atomic mass is 19.3. The molecule has 1 atom stereocenters. The van der Waals surface area contributed by atoms with Gasteiger partial charge in [-0.3, -0.25) is 9.36 Å². The van der Waals surface area contributed by atoms with Crippen LogP contribution in [0.4, 0.5) is 8.78 Å². The quantitative estimate of drug-likeness (QED) is 0.724. The van der Waals surface area contributed by atoms with E-state index in [1.165, 1.54) is 0 Å². The van der Waals surface area contributed by atoms with Gasteiger partial charge in [0, 0.05) is 18.0 Å². The van der Waals surface area contributed by atoms with E-state index < -0.39 is 6.55 Å². The van der Waals surface area contributed by atoms with Gasteiger partial charge in [-0.25, -0.2) is 4.98 Å². The number of hydrogen-bond donors (Lipinski definition) is 1. The van der Waals surface area contributed by atoms with Gasteiger partial charge in [0.1, 0.15) is 11.6 Å². The molecule has 0 radical (unpaired) electrons. The molecule has 136 valence electrons. The van der Waals surface area contributed by atoms with Crippen molar-refractivity contribution in [2.75, 3.05) is 13.7 Å². The Morgan fingerprint density at radius 1 is 1.19 bits per heavy atom. The van der Waals surface area contributed by atoms with E-state index in [4.69, 9.17) is 4.74 Å². The summed E-state index contributed by atoms with van der Waals surface area (Å²) < 4.78 is 33.0. The number of para-hydroxylation sites is 2. The first-order chi connectivity index (χ1) is 12.5. The minimum Gasteiger partial charge on any atom is -0.497 e. The Bertz CT molecular complexity index is 907. The summed E-state index contributed by atoms with van der Waals surface area (Å²) in [5.41, 5.74) is 1.36. The molecule has 0 fully saturated rings. The number of amides is 1. The van der Waals surface area contributed by atoms with Gasteiger partial charge >= 0.3 is 6.55 Å². The minimum absolute atomic E-state index is 0.195. The zero-order valence-corrected chi connectivity index (χ0v) is 14.4.